The van der Waals surface area contributed by atoms with Crippen LogP contribution in [0.1, 0.15) is 36.5 Å². The van der Waals surface area contributed by atoms with Gasteiger partial charge in [0.2, 0.25) is 11.2 Å². The maximum absolute atomic E-state index is 13.5. The lowest BCUT2D eigenvalue weighted by atomic mass is 10.0. The first-order valence-corrected chi connectivity index (χ1v) is 11.8. The number of alkyl halides is 6. The monoisotopic (exact) mass is 570 g/mol. The predicted molar refractivity (Wildman–Crippen MR) is 125 cm³/mol. The Kier molecular flexibility index (Phi) is 7.55. The second-order valence-electron chi connectivity index (χ2n) is 8.66. The van der Waals surface area contributed by atoms with Crippen molar-refractivity contribution in [1.29, 1.82) is 0 Å². The number of hydrazine groups is 2. The van der Waals surface area contributed by atoms with Crippen LogP contribution in [0.15, 0.2) is 29.5 Å². The molecule has 1 saturated heterocycles. The molecule has 2 aliphatic rings. The van der Waals surface area contributed by atoms with Gasteiger partial charge in [-0.3, -0.25) is 5.43 Å². The molecule has 1 aromatic heterocycles. The zero-order valence-electron chi connectivity index (χ0n) is 19.5. The molecular weight excluding hydrogens is 549 g/mol. The quantitative estimate of drug-likeness (QED) is 0.391. The highest BCUT2D eigenvalue weighted by Crippen LogP contribution is 2.38. The summed E-state index contributed by atoms with van der Waals surface area (Å²) in [4.78, 5) is 11.6. The first-order chi connectivity index (χ1) is 17.3. The number of guanidine groups is 1. The predicted octanol–water partition coefficient (Wildman–Crippen LogP) is 4.91. The molecule has 2 unspecified atom stereocenters. The summed E-state index contributed by atoms with van der Waals surface area (Å²) < 4.78 is 80.7. The number of hydrogen-bond acceptors (Lipinski definition) is 8. The fraction of sp³-hybridized carbons (Fsp3) is 0.476. The van der Waals surface area contributed by atoms with Crippen molar-refractivity contribution in [3.8, 4) is 0 Å². The SMILES string of the molecule is CCC1CC(N(Cc2cc(C(F)(F)F)cc(C(F)(F)F)c2)C2=NNN(C)N2)CN1c1nc(Cl)ncc1Cl. The number of nitrogens with zero attached hydrogens (tertiary/aromatic N) is 6. The van der Waals surface area contributed by atoms with Crippen molar-refractivity contribution in [3.05, 3.63) is 51.4 Å². The average Bonchev–Trinajstić information content (AvgIpc) is 3.44. The van der Waals surface area contributed by atoms with Gasteiger partial charge in [0.05, 0.1) is 23.4 Å². The summed E-state index contributed by atoms with van der Waals surface area (Å²) in [7, 11) is 1.61. The van der Waals surface area contributed by atoms with Crippen LogP contribution in [0.5, 0.6) is 0 Å². The lowest BCUT2D eigenvalue weighted by molar-refractivity contribution is -0.143. The lowest BCUT2D eigenvalue weighted by Crippen LogP contribution is -2.49. The van der Waals surface area contributed by atoms with Crippen LogP contribution in [0.2, 0.25) is 10.3 Å². The van der Waals surface area contributed by atoms with E-state index in [-0.39, 0.29) is 46.5 Å². The van der Waals surface area contributed by atoms with E-state index >= 15 is 0 Å². The van der Waals surface area contributed by atoms with E-state index in [1.807, 2.05) is 11.8 Å². The van der Waals surface area contributed by atoms with Crippen LogP contribution in [0, 0.1) is 0 Å². The van der Waals surface area contributed by atoms with E-state index < -0.39 is 23.5 Å². The second-order valence-corrected chi connectivity index (χ2v) is 9.41. The van der Waals surface area contributed by atoms with Crippen LogP contribution in [0.3, 0.4) is 0 Å². The van der Waals surface area contributed by atoms with Crippen molar-refractivity contribution in [1.82, 2.24) is 30.9 Å². The molecule has 1 fully saturated rings. The Bertz CT molecular complexity index is 1140. The molecule has 37 heavy (non-hydrogen) atoms. The van der Waals surface area contributed by atoms with Crippen molar-refractivity contribution >= 4 is 35.0 Å². The average molecular weight is 571 g/mol. The van der Waals surface area contributed by atoms with Crippen LogP contribution in [0.4, 0.5) is 32.2 Å². The zero-order valence-corrected chi connectivity index (χ0v) is 21.0. The van der Waals surface area contributed by atoms with Crippen molar-refractivity contribution in [3.63, 3.8) is 0 Å². The summed E-state index contributed by atoms with van der Waals surface area (Å²) in [5, 5.41) is 5.81. The van der Waals surface area contributed by atoms with E-state index in [0.29, 0.717) is 25.2 Å². The van der Waals surface area contributed by atoms with Gasteiger partial charge in [-0.15, -0.1) is 10.2 Å². The number of rotatable bonds is 5. The number of halogens is 8. The van der Waals surface area contributed by atoms with E-state index in [4.69, 9.17) is 23.2 Å². The fourth-order valence-electron chi connectivity index (χ4n) is 4.44. The van der Waals surface area contributed by atoms with Gasteiger partial charge in [0, 0.05) is 26.2 Å². The molecule has 0 saturated carbocycles. The van der Waals surface area contributed by atoms with Crippen LogP contribution in [-0.4, -0.2) is 51.6 Å². The first kappa shape index (κ1) is 27.3. The third-order valence-corrected chi connectivity index (χ3v) is 6.57. The molecule has 4 rings (SSSR count). The molecule has 2 aliphatic heterocycles. The summed E-state index contributed by atoms with van der Waals surface area (Å²) in [6.45, 7) is 1.98. The van der Waals surface area contributed by atoms with Crippen LogP contribution in [-0.2, 0) is 18.9 Å². The maximum Gasteiger partial charge on any atom is 0.416 e. The third kappa shape index (κ3) is 6.07. The van der Waals surface area contributed by atoms with Crippen LogP contribution < -0.4 is 15.9 Å². The van der Waals surface area contributed by atoms with E-state index in [1.54, 1.807) is 11.9 Å². The zero-order chi connectivity index (χ0) is 27.1. The molecule has 3 heterocycles. The molecular formula is C21H22Cl2F6N8. The summed E-state index contributed by atoms with van der Waals surface area (Å²) in [5.74, 6) is 0.632. The van der Waals surface area contributed by atoms with E-state index in [2.05, 4.69) is 26.0 Å². The molecule has 0 radical (unpaired) electrons. The van der Waals surface area contributed by atoms with Gasteiger partial charge in [-0.1, -0.05) is 18.5 Å². The molecule has 0 aliphatic carbocycles. The number of hydrogen-bond donors (Lipinski definition) is 2. The molecule has 0 spiro atoms. The molecule has 2 atom stereocenters. The van der Waals surface area contributed by atoms with Crippen molar-refractivity contribution in [2.75, 3.05) is 18.5 Å². The Hall–Kier alpha value is -2.71. The number of hydrazone groups is 1. The normalized spacial score (nSPS) is 20.6. The van der Waals surface area contributed by atoms with Crippen LogP contribution >= 0.6 is 23.2 Å². The minimum atomic E-state index is -4.95. The smallest absolute Gasteiger partial charge is 0.350 e. The molecule has 0 amide bonds. The summed E-state index contributed by atoms with van der Waals surface area (Å²) in [6, 6.07) is 1.09. The van der Waals surface area contributed by atoms with E-state index in [9.17, 15) is 26.3 Å². The van der Waals surface area contributed by atoms with Crippen molar-refractivity contribution in [2.24, 2.45) is 5.10 Å². The molecule has 8 nitrogen and oxygen atoms in total. The van der Waals surface area contributed by atoms with E-state index in [0.717, 1.165) is 12.1 Å². The highest BCUT2D eigenvalue weighted by atomic mass is 35.5. The molecule has 2 aromatic rings. The Morgan fingerprint density at radius 2 is 1.73 bits per heavy atom. The van der Waals surface area contributed by atoms with Crippen molar-refractivity contribution < 1.29 is 26.3 Å². The third-order valence-electron chi connectivity index (χ3n) is 6.12. The van der Waals surface area contributed by atoms with Gasteiger partial charge in [-0.2, -0.15) is 31.3 Å². The topological polar surface area (TPSA) is 71.9 Å². The van der Waals surface area contributed by atoms with Gasteiger partial charge < -0.3 is 9.80 Å². The summed E-state index contributed by atoms with van der Waals surface area (Å²) in [5.41, 5.74) is 2.63. The number of anilines is 1. The summed E-state index contributed by atoms with van der Waals surface area (Å²) in [6.07, 6.45) is -7.36. The largest absolute Gasteiger partial charge is 0.416 e. The Balaban J connectivity index is 1.71. The molecule has 2 N–H and O–H groups in total. The van der Waals surface area contributed by atoms with Crippen LogP contribution in [0.25, 0.3) is 0 Å². The van der Waals surface area contributed by atoms with Gasteiger partial charge in [0.1, 0.15) is 5.02 Å². The minimum Gasteiger partial charge on any atom is -0.350 e. The minimum absolute atomic E-state index is 0.00846. The van der Waals surface area contributed by atoms with Gasteiger partial charge in [-0.25, -0.2) is 10.5 Å². The summed E-state index contributed by atoms with van der Waals surface area (Å²) >= 11 is 12.3. The van der Waals surface area contributed by atoms with Gasteiger partial charge in [-0.05, 0) is 48.2 Å². The fourth-order valence-corrected chi connectivity index (χ4v) is 4.77. The molecule has 16 heteroatoms. The molecule has 0 bridgehead atoms. The molecule has 202 valence electrons. The van der Waals surface area contributed by atoms with E-state index in [1.165, 1.54) is 11.3 Å². The maximum atomic E-state index is 13.5. The lowest BCUT2D eigenvalue weighted by Gasteiger charge is -2.31. The molecule has 1 aromatic carbocycles. The number of benzene rings is 1. The standard InChI is InChI=1S/C21H22Cl2F6N8/c1-3-14-7-15(10-36(14)17-16(22)8-30-18(23)31-17)37(19-32-34-35(2)33-19)9-11-4-12(20(24,25)26)6-13(5-11)21(27,28)29/h4-6,8,14-15,34H,3,7,9-10H2,1-2H3,(H,32,33). The van der Waals surface area contributed by atoms with Gasteiger partial charge >= 0.3 is 12.4 Å². The number of nitrogens with one attached hydrogen (secondary N) is 2. The Morgan fingerprint density at radius 1 is 1.08 bits per heavy atom. The second kappa shape index (κ2) is 10.2. The number of aromatic nitrogens is 2. The van der Waals surface area contributed by atoms with Crippen molar-refractivity contribution in [2.45, 2.75) is 50.7 Å². The highest BCUT2D eigenvalue weighted by molar-refractivity contribution is 6.33. The highest BCUT2D eigenvalue weighted by Gasteiger charge is 2.40. The van der Waals surface area contributed by atoms with Gasteiger partial charge in [0.25, 0.3) is 0 Å². The Labute approximate surface area is 218 Å². The first-order valence-electron chi connectivity index (χ1n) is 11.1. The van der Waals surface area contributed by atoms with Gasteiger partial charge in [0.15, 0.2) is 5.82 Å². The Morgan fingerprint density at radius 3 is 2.27 bits per heavy atom.